The van der Waals surface area contributed by atoms with Crippen molar-refractivity contribution in [2.24, 2.45) is 0 Å². The van der Waals surface area contributed by atoms with Crippen LogP contribution in [-0.4, -0.2) is 10.2 Å². The predicted octanol–water partition coefficient (Wildman–Crippen LogP) is 5.70. The Hall–Kier alpha value is -2.42. The molecular weight excluding hydrogens is 368 g/mol. The second-order valence-electron chi connectivity index (χ2n) is 8.74. The lowest BCUT2D eigenvalue weighted by atomic mass is 9.87. The first-order chi connectivity index (χ1) is 14.2. The van der Waals surface area contributed by atoms with Crippen molar-refractivity contribution in [1.29, 1.82) is 0 Å². The summed E-state index contributed by atoms with van der Waals surface area (Å²) in [4.78, 5) is 0. The largest absolute Gasteiger partial charge is 0.392 e. The van der Waals surface area contributed by atoms with E-state index in [9.17, 15) is 10.2 Å². The first-order valence-corrected chi connectivity index (χ1v) is 10.7. The lowest BCUT2D eigenvalue weighted by Gasteiger charge is -2.19. The van der Waals surface area contributed by atoms with Crippen LogP contribution in [0.15, 0.2) is 36.4 Å². The van der Waals surface area contributed by atoms with Gasteiger partial charge in [-0.2, -0.15) is 0 Å². The minimum absolute atomic E-state index is 0.0446. The lowest BCUT2D eigenvalue weighted by Crippen LogP contribution is -2.07. The van der Waals surface area contributed by atoms with Crippen molar-refractivity contribution in [3.63, 3.8) is 0 Å². The van der Waals surface area contributed by atoms with Gasteiger partial charge in [-0.05, 0) is 121 Å². The van der Waals surface area contributed by atoms with Crippen LogP contribution in [0.3, 0.4) is 0 Å². The van der Waals surface area contributed by atoms with E-state index in [0.717, 1.165) is 29.5 Å². The summed E-state index contributed by atoms with van der Waals surface area (Å²) in [6.07, 6.45) is 1.62. The summed E-state index contributed by atoms with van der Waals surface area (Å²) in [5.41, 5.74) is 14.5. The Morgan fingerprint density at radius 2 is 1.00 bits per heavy atom. The summed E-state index contributed by atoms with van der Waals surface area (Å²) in [6.45, 7) is 12.9. The highest BCUT2D eigenvalue weighted by atomic mass is 16.3. The van der Waals surface area contributed by atoms with Crippen molar-refractivity contribution in [1.82, 2.24) is 0 Å². The quantitative estimate of drug-likeness (QED) is 0.555. The Morgan fingerprint density at radius 1 is 0.467 bits per heavy atom. The summed E-state index contributed by atoms with van der Waals surface area (Å²) < 4.78 is 0. The van der Waals surface area contributed by atoms with E-state index in [4.69, 9.17) is 0 Å². The highest BCUT2D eigenvalue weighted by Gasteiger charge is 2.15. The van der Waals surface area contributed by atoms with Gasteiger partial charge in [-0.3, -0.25) is 0 Å². The molecule has 3 aromatic rings. The zero-order valence-corrected chi connectivity index (χ0v) is 19.2. The van der Waals surface area contributed by atoms with Crippen LogP contribution in [0.2, 0.25) is 0 Å². The van der Waals surface area contributed by atoms with E-state index in [1.165, 1.54) is 50.1 Å². The summed E-state index contributed by atoms with van der Waals surface area (Å²) in [7, 11) is 0. The van der Waals surface area contributed by atoms with Crippen LogP contribution >= 0.6 is 0 Å². The van der Waals surface area contributed by atoms with E-state index >= 15 is 0 Å². The summed E-state index contributed by atoms with van der Waals surface area (Å²) >= 11 is 0. The molecule has 0 bridgehead atoms. The van der Waals surface area contributed by atoms with Gasteiger partial charge in [0.2, 0.25) is 0 Å². The molecular formula is C28H34O2. The molecule has 2 N–H and O–H groups in total. The predicted molar refractivity (Wildman–Crippen MR) is 125 cm³/mol. The molecule has 0 saturated heterocycles. The SMILES string of the molecule is Cc1cc(C)c(Cc2c(C)ccc(Cc3cc(C)c(CO)cc3C)c2CO)cc1C. The molecule has 3 rings (SSSR count). The summed E-state index contributed by atoms with van der Waals surface area (Å²) in [5.74, 6) is 0. The maximum atomic E-state index is 10.3. The molecule has 0 aromatic heterocycles. The van der Waals surface area contributed by atoms with E-state index in [0.29, 0.717) is 0 Å². The van der Waals surface area contributed by atoms with Crippen LogP contribution < -0.4 is 0 Å². The molecule has 3 aromatic carbocycles. The average Bonchev–Trinajstić information content (AvgIpc) is 2.70. The Balaban J connectivity index is 2.03. The van der Waals surface area contributed by atoms with Gasteiger partial charge in [0.1, 0.15) is 0 Å². The van der Waals surface area contributed by atoms with Gasteiger partial charge in [0, 0.05) is 0 Å². The Kier molecular flexibility index (Phi) is 6.80. The zero-order chi connectivity index (χ0) is 22.0. The van der Waals surface area contributed by atoms with Gasteiger partial charge in [-0.25, -0.2) is 0 Å². The smallest absolute Gasteiger partial charge is 0.0687 e. The number of rotatable bonds is 6. The molecule has 0 aliphatic carbocycles. The molecule has 0 amide bonds. The van der Waals surface area contributed by atoms with Crippen LogP contribution in [0, 0.1) is 41.5 Å². The highest BCUT2D eigenvalue weighted by molar-refractivity contribution is 5.48. The summed E-state index contributed by atoms with van der Waals surface area (Å²) in [5, 5.41) is 19.9. The van der Waals surface area contributed by atoms with E-state index in [-0.39, 0.29) is 13.2 Å². The van der Waals surface area contributed by atoms with Gasteiger partial charge in [-0.15, -0.1) is 0 Å². The third-order valence-electron chi connectivity index (χ3n) is 6.59. The van der Waals surface area contributed by atoms with Gasteiger partial charge < -0.3 is 10.2 Å². The van der Waals surface area contributed by atoms with Crippen molar-refractivity contribution in [3.8, 4) is 0 Å². The van der Waals surface area contributed by atoms with Crippen LogP contribution in [0.5, 0.6) is 0 Å². The molecule has 0 radical (unpaired) electrons. The van der Waals surface area contributed by atoms with Crippen LogP contribution in [0.1, 0.15) is 66.8 Å². The number of aryl methyl sites for hydroxylation is 6. The molecule has 0 fully saturated rings. The minimum atomic E-state index is 0.0446. The van der Waals surface area contributed by atoms with Gasteiger partial charge >= 0.3 is 0 Å². The van der Waals surface area contributed by atoms with Crippen molar-refractivity contribution in [3.05, 3.63) is 103 Å². The number of hydrogen-bond acceptors (Lipinski definition) is 2. The third-order valence-corrected chi connectivity index (χ3v) is 6.59. The molecule has 0 heterocycles. The molecule has 0 atom stereocenters. The Labute approximate surface area is 181 Å². The van der Waals surface area contributed by atoms with Gasteiger partial charge in [0.25, 0.3) is 0 Å². The van der Waals surface area contributed by atoms with Crippen molar-refractivity contribution < 1.29 is 10.2 Å². The van der Waals surface area contributed by atoms with E-state index in [1.807, 2.05) is 6.92 Å². The second-order valence-corrected chi connectivity index (χ2v) is 8.74. The van der Waals surface area contributed by atoms with Crippen molar-refractivity contribution in [2.75, 3.05) is 0 Å². The molecule has 0 aliphatic rings. The first-order valence-electron chi connectivity index (χ1n) is 10.7. The van der Waals surface area contributed by atoms with Crippen molar-refractivity contribution in [2.45, 2.75) is 67.6 Å². The lowest BCUT2D eigenvalue weighted by molar-refractivity contribution is 0.279. The Bertz CT molecular complexity index is 1080. The molecule has 0 saturated carbocycles. The molecule has 0 unspecified atom stereocenters. The zero-order valence-electron chi connectivity index (χ0n) is 19.2. The van der Waals surface area contributed by atoms with E-state index in [2.05, 4.69) is 71.0 Å². The van der Waals surface area contributed by atoms with E-state index in [1.54, 1.807) is 0 Å². The fraction of sp³-hybridized carbons (Fsp3) is 0.357. The fourth-order valence-corrected chi connectivity index (χ4v) is 4.37. The highest BCUT2D eigenvalue weighted by Crippen LogP contribution is 2.28. The fourth-order valence-electron chi connectivity index (χ4n) is 4.37. The van der Waals surface area contributed by atoms with Crippen LogP contribution in [-0.2, 0) is 26.1 Å². The number of hydrogen-bond donors (Lipinski definition) is 2. The summed E-state index contributed by atoms with van der Waals surface area (Å²) in [6, 6.07) is 13.2. The minimum Gasteiger partial charge on any atom is -0.392 e. The molecule has 158 valence electrons. The third kappa shape index (κ3) is 4.50. The Morgan fingerprint density at radius 3 is 1.67 bits per heavy atom. The number of aliphatic hydroxyl groups is 2. The molecule has 2 nitrogen and oxygen atoms in total. The standard InChI is InChI=1S/C28H34O2/c1-17-7-8-23(13-24-11-22(6)26(15-29)12-21(24)5)28(16-30)27(17)14-25-10-19(3)18(2)9-20(25)4/h7-12,29-30H,13-16H2,1-6H3. The molecule has 0 aliphatic heterocycles. The molecule has 0 spiro atoms. The topological polar surface area (TPSA) is 40.5 Å². The van der Waals surface area contributed by atoms with E-state index < -0.39 is 0 Å². The van der Waals surface area contributed by atoms with Crippen LogP contribution in [0.4, 0.5) is 0 Å². The van der Waals surface area contributed by atoms with Crippen LogP contribution in [0.25, 0.3) is 0 Å². The van der Waals surface area contributed by atoms with Gasteiger partial charge in [0.15, 0.2) is 0 Å². The maximum absolute atomic E-state index is 10.3. The normalized spacial score (nSPS) is 11.2. The van der Waals surface area contributed by atoms with Gasteiger partial charge in [-0.1, -0.05) is 36.4 Å². The first kappa shape index (κ1) is 22.3. The number of aliphatic hydroxyl groups excluding tert-OH is 2. The van der Waals surface area contributed by atoms with Crippen molar-refractivity contribution >= 4 is 0 Å². The average molecular weight is 403 g/mol. The number of benzene rings is 3. The maximum Gasteiger partial charge on any atom is 0.0687 e. The molecule has 2 heteroatoms. The monoisotopic (exact) mass is 402 g/mol. The second kappa shape index (κ2) is 9.16. The molecule has 30 heavy (non-hydrogen) atoms. The van der Waals surface area contributed by atoms with Gasteiger partial charge in [0.05, 0.1) is 13.2 Å².